The highest BCUT2D eigenvalue weighted by Crippen LogP contribution is 2.54. The maximum Gasteiger partial charge on any atom is 0.0207 e. The Bertz CT molecular complexity index is 3840. The summed E-state index contributed by atoms with van der Waals surface area (Å²) in [6, 6.07) is 77.6. The van der Waals surface area contributed by atoms with Crippen LogP contribution in [0.15, 0.2) is 226 Å². The zero-order valence-corrected chi connectivity index (χ0v) is 35.1. The number of hydrogen-bond acceptors (Lipinski definition) is 2. The van der Waals surface area contributed by atoms with Crippen LogP contribution in [0.3, 0.4) is 0 Å². The third-order valence-electron chi connectivity index (χ3n) is 13.4. The molecule has 2 aliphatic rings. The molecular formula is C60H34S2. The molecule has 2 aliphatic heterocycles. The monoisotopic (exact) mass is 818 g/mol. The lowest BCUT2D eigenvalue weighted by Crippen LogP contribution is -1.97. The molecule has 2 heteroatoms. The third kappa shape index (κ3) is 4.94. The van der Waals surface area contributed by atoms with E-state index in [1.807, 2.05) is 23.5 Å². The van der Waals surface area contributed by atoms with Gasteiger partial charge in [-0.05, 0) is 146 Å². The van der Waals surface area contributed by atoms with E-state index >= 15 is 0 Å². The minimum Gasteiger partial charge on any atom is -0.0888 e. The summed E-state index contributed by atoms with van der Waals surface area (Å²) in [5.74, 6) is 0. The van der Waals surface area contributed by atoms with Gasteiger partial charge in [0.25, 0.3) is 0 Å². The zero-order chi connectivity index (χ0) is 40.5. The van der Waals surface area contributed by atoms with Crippen molar-refractivity contribution in [1.29, 1.82) is 0 Å². The first kappa shape index (κ1) is 34.6. The summed E-state index contributed by atoms with van der Waals surface area (Å²) >= 11 is 3.79. The molecule has 286 valence electrons. The maximum absolute atomic E-state index is 2.48. The number of rotatable bonds is 4. The van der Waals surface area contributed by atoms with Crippen molar-refractivity contribution in [2.24, 2.45) is 0 Å². The van der Waals surface area contributed by atoms with Gasteiger partial charge >= 0.3 is 0 Å². The Morgan fingerprint density at radius 2 is 0.694 bits per heavy atom. The van der Waals surface area contributed by atoms with E-state index in [0.717, 1.165) is 0 Å². The SMILES string of the molecule is c1ccc(-c2cc(-c3ccc4c(c3)Sc3cccc5cccc-4c35)c3ccc4c(-c5ccccc5)cc(-c5ccc6c7c(cccc57)-c5ccccc5S6)c5ccc2c3c45)cc1. The smallest absolute Gasteiger partial charge is 0.0207 e. The van der Waals surface area contributed by atoms with Crippen LogP contribution in [0.5, 0.6) is 0 Å². The summed E-state index contributed by atoms with van der Waals surface area (Å²) in [5.41, 5.74) is 15.3. The largest absolute Gasteiger partial charge is 0.0888 e. The van der Waals surface area contributed by atoms with Gasteiger partial charge in [0, 0.05) is 30.4 Å². The van der Waals surface area contributed by atoms with Crippen molar-refractivity contribution in [2.75, 3.05) is 0 Å². The van der Waals surface area contributed by atoms with Crippen LogP contribution in [-0.4, -0.2) is 0 Å². The van der Waals surface area contributed by atoms with Gasteiger partial charge in [-0.2, -0.15) is 0 Å². The van der Waals surface area contributed by atoms with Crippen molar-refractivity contribution in [3.63, 3.8) is 0 Å². The van der Waals surface area contributed by atoms with Crippen LogP contribution >= 0.6 is 23.5 Å². The fourth-order valence-electron chi connectivity index (χ4n) is 10.7. The molecule has 0 unspecified atom stereocenters. The first-order chi connectivity index (χ1) is 30.7. The highest BCUT2D eigenvalue weighted by atomic mass is 32.2. The van der Waals surface area contributed by atoms with E-state index in [-0.39, 0.29) is 0 Å². The summed E-state index contributed by atoms with van der Waals surface area (Å²) in [4.78, 5) is 5.27. The average molecular weight is 819 g/mol. The van der Waals surface area contributed by atoms with Gasteiger partial charge in [0.1, 0.15) is 0 Å². The van der Waals surface area contributed by atoms with E-state index in [9.17, 15) is 0 Å². The van der Waals surface area contributed by atoms with Crippen molar-refractivity contribution in [3.8, 4) is 66.8 Å². The predicted octanol–water partition coefficient (Wildman–Crippen LogP) is 17.8. The van der Waals surface area contributed by atoms with Crippen molar-refractivity contribution >= 4 is 77.4 Å². The van der Waals surface area contributed by atoms with E-state index in [2.05, 4.69) is 206 Å². The van der Waals surface area contributed by atoms with Gasteiger partial charge in [0.15, 0.2) is 0 Å². The molecule has 0 saturated heterocycles. The van der Waals surface area contributed by atoms with Crippen LogP contribution in [0.4, 0.5) is 0 Å². The minimum atomic E-state index is 1.23. The summed E-state index contributed by atoms with van der Waals surface area (Å²) in [5, 5.41) is 13.1. The van der Waals surface area contributed by atoms with Gasteiger partial charge < -0.3 is 0 Å². The van der Waals surface area contributed by atoms with E-state index in [1.54, 1.807) is 0 Å². The molecule has 0 atom stereocenters. The Morgan fingerprint density at radius 1 is 0.210 bits per heavy atom. The Kier molecular flexibility index (Phi) is 7.36. The highest BCUT2D eigenvalue weighted by molar-refractivity contribution is 8.00. The first-order valence-corrected chi connectivity index (χ1v) is 23.0. The number of benzene rings is 12. The van der Waals surface area contributed by atoms with Crippen LogP contribution < -0.4 is 0 Å². The van der Waals surface area contributed by atoms with Crippen molar-refractivity contribution < 1.29 is 0 Å². The molecule has 0 aliphatic carbocycles. The topological polar surface area (TPSA) is 0 Å². The van der Waals surface area contributed by atoms with E-state index in [1.165, 1.54) is 140 Å². The van der Waals surface area contributed by atoms with E-state index < -0.39 is 0 Å². The standard InChI is InChI=1S/C60H34S2/c1-3-12-35(13-4-1)49-33-51(38-24-25-41-43-19-9-16-37-17-10-23-54(57(37)43)62-56(41)32-38)47-27-26-46-50(36-14-5-2-6-15-36)34-52(48-29-28-45(49)59(47)60(46)48)39-30-31-55-58-42(39)20-11-21-44(58)40-18-7-8-22-53(40)61-55/h1-34H. The molecule has 0 spiro atoms. The predicted molar refractivity (Wildman–Crippen MR) is 266 cm³/mol. The molecule has 12 aromatic rings. The van der Waals surface area contributed by atoms with Crippen LogP contribution in [0.2, 0.25) is 0 Å². The Labute approximate surface area is 367 Å². The summed E-state index contributed by atoms with van der Waals surface area (Å²) in [6.07, 6.45) is 0. The molecule has 0 N–H and O–H groups in total. The van der Waals surface area contributed by atoms with Gasteiger partial charge in [-0.1, -0.05) is 193 Å². The molecule has 62 heavy (non-hydrogen) atoms. The fourth-order valence-corrected chi connectivity index (χ4v) is 13.0. The van der Waals surface area contributed by atoms with E-state index in [4.69, 9.17) is 0 Å². The van der Waals surface area contributed by atoms with Gasteiger partial charge in [-0.25, -0.2) is 0 Å². The summed E-state index contributed by atoms with van der Waals surface area (Å²) < 4.78 is 0. The molecular weight excluding hydrogens is 785 g/mol. The Balaban J connectivity index is 1.08. The lowest BCUT2D eigenvalue weighted by Gasteiger charge is -2.24. The Morgan fingerprint density at radius 3 is 1.42 bits per heavy atom. The van der Waals surface area contributed by atoms with Crippen LogP contribution in [0.1, 0.15) is 0 Å². The fraction of sp³-hybridized carbons (Fsp3) is 0. The molecule has 0 fully saturated rings. The summed E-state index contributed by atoms with van der Waals surface area (Å²) in [7, 11) is 0. The molecule has 2 heterocycles. The van der Waals surface area contributed by atoms with Gasteiger partial charge in [0.05, 0.1) is 0 Å². The van der Waals surface area contributed by atoms with E-state index in [0.29, 0.717) is 0 Å². The molecule has 0 bridgehead atoms. The quantitative estimate of drug-likeness (QED) is 0.162. The average Bonchev–Trinajstić information content (AvgIpc) is 3.34. The maximum atomic E-state index is 2.48. The van der Waals surface area contributed by atoms with Crippen LogP contribution in [0.25, 0.3) is 121 Å². The van der Waals surface area contributed by atoms with Crippen LogP contribution in [-0.2, 0) is 0 Å². The number of hydrogen-bond donors (Lipinski definition) is 0. The second-order valence-electron chi connectivity index (χ2n) is 16.7. The molecule has 0 nitrogen and oxygen atoms in total. The lowest BCUT2D eigenvalue weighted by molar-refractivity contribution is 1.40. The lowest BCUT2D eigenvalue weighted by atomic mass is 9.81. The second-order valence-corrected chi connectivity index (χ2v) is 18.8. The zero-order valence-electron chi connectivity index (χ0n) is 33.4. The van der Waals surface area contributed by atoms with Crippen molar-refractivity contribution in [1.82, 2.24) is 0 Å². The van der Waals surface area contributed by atoms with Gasteiger partial charge in [-0.3, -0.25) is 0 Å². The molecule has 0 saturated carbocycles. The van der Waals surface area contributed by atoms with Crippen molar-refractivity contribution in [2.45, 2.75) is 19.6 Å². The number of fused-ring (bicyclic) bond motifs is 4. The molecule has 12 aromatic carbocycles. The molecule has 0 radical (unpaired) electrons. The first-order valence-electron chi connectivity index (χ1n) is 21.3. The minimum absolute atomic E-state index is 1.23. The highest BCUT2D eigenvalue weighted by Gasteiger charge is 2.26. The molecule has 0 aromatic heterocycles. The van der Waals surface area contributed by atoms with Crippen LogP contribution in [0, 0.1) is 0 Å². The normalized spacial score (nSPS) is 12.7. The van der Waals surface area contributed by atoms with Gasteiger partial charge in [0.2, 0.25) is 0 Å². The van der Waals surface area contributed by atoms with Gasteiger partial charge in [-0.15, -0.1) is 0 Å². The Hall–Kier alpha value is -7.10. The molecule has 0 amide bonds. The summed E-state index contributed by atoms with van der Waals surface area (Å²) in [6.45, 7) is 0. The second kappa shape index (κ2) is 13.2. The van der Waals surface area contributed by atoms with Crippen molar-refractivity contribution in [3.05, 3.63) is 206 Å². The third-order valence-corrected chi connectivity index (χ3v) is 15.7. The molecule has 14 rings (SSSR count).